The number of rotatable bonds is 7. The van der Waals surface area contributed by atoms with Gasteiger partial charge in [0.15, 0.2) is 0 Å². The van der Waals surface area contributed by atoms with Crippen LogP contribution in [0.5, 0.6) is 5.75 Å². The summed E-state index contributed by atoms with van der Waals surface area (Å²) in [5, 5.41) is 2.94. The van der Waals surface area contributed by atoms with Gasteiger partial charge in [-0.2, -0.15) is 0 Å². The third-order valence-corrected chi connectivity index (χ3v) is 6.27. The molecule has 1 saturated heterocycles. The third kappa shape index (κ3) is 5.71. The van der Waals surface area contributed by atoms with Crippen molar-refractivity contribution < 1.29 is 17.9 Å². The minimum atomic E-state index is -3.24. The van der Waals surface area contributed by atoms with E-state index in [1.807, 2.05) is 38.1 Å². The van der Waals surface area contributed by atoms with E-state index in [0.29, 0.717) is 26.0 Å². The Morgan fingerprint density at radius 2 is 2.04 bits per heavy atom. The number of nitrogens with one attached hydrogen (secondary N) is 1. The number of carbonyl (C=O) groups is 1. The first-order valence-electron chi connectivity index (χ1n) is 8.79. The summed E-state index contributed by atoms with van der Waals surface area (Å²) in [5.41, 5.74) is 1.16. The van der Waals surface area contributed by atoms with Crippen molar-refractivity contribution in [3.63, 3.8) is 0 Å². The quantitative estimate of drug-likeness (QED) is 0.798. The number of benzene rings is 1. The molecular formula is C18H28N2O4S. The molecule has 1 aromatic rings. The Labute approximate surface area is 150 Å². The molecule has 0 spiro atoms. The number of amides is 1. The van der Waals surface area contributed by atoms with E-state index >= 15 is 0 Å². The first-order valence-corrected chi connectivity index (χ1v) is 10.4. The summed E-state index contributed by atoms with van der Waals surface area (Å²) >= 11 is 0. The van der Waals surface area contributed by atoms with Crippen LogP contribution in [0, 0.1) is 12.8 Å². The van der Waals surface area contributed by atoms with Crippen molar-refractivity contribution in [1.82, 2.24) is 9.62 Å². The molecule has 0 aliphatic carbocycles. The fourth-order valence-corrected chi connectivity index (χ4v) is 4.03. The Hall–Kier alpha value is -1.60. The molecule has 0 radical (unpaired) electrons. The number of nitrogens with zero attached hydrogens (tertiary/aromatic N) is 1. The number of carbonyl (C=O) groups excluding carboxylic acids is 1. The van der Waals surface area contributed by atoms with E-state index in [2.05, 4.69) is 5.32 Å². The summed E-state index contributed by atoms with van der Waals surface area (Å²) in [7, 11) is -3.24. The molecule has 2 rings (SSSR count). The zero-order chi connectivity index (χ0) is 18.4. The first kappa shape index (κ1) is 19.7. The van der Waals surface area contributed by atoms with E-state index in [-0.39, 0.29) is 30.2 Å². The average Bonchev–Trinajstić information content (AvgIpc) is 2.61. The summed E-state index contributed by atoms with van der Waals surface area (Å²) < 4.78 is 31.1. The van der Waals surface area contributed by atoms with Gasteiger partial charge in [0.1, 0.15) is 12.4 Å². The molecule has 1 amide bonds. The van der Waals surface area contributed by atoms with Crippen LogP contribution in [0.1, 0.15) is 32.3 Å². The van der Waals surface area contributed by atoms with Gasteiger partial charge in [0, 0.05) is 13.1 Å². The van der Waals surface area contributed by atoms with Gasteiger partial charge in [-0.3, -0.25) is 4.79 Å². The van der Waals surface area contributed by atoms with Crippen molar-refractivity contribution in [2.24, 2.45) is 5.92 Å². The molecule has 0 bridgehead atoms. The van der Waals surface area contributed by atoms with Gasteiger partial charge >= 0.3 is 0 Å². The van der Waals surface area contributed by atoms with Gasteiger partial charge in [-0.1, -0.05) is 17.7 Å². The Balaban J connectivity index is 1.82. The van der Waals surface area contributed by atoms with Crippen LogP contribution in [0.4, 0.5) is 0 Å². The van der Waals surface area contributed by atoms with Crippen LogP contribution in [-0.2, 0) is 14.8 Å². The Morgan fingerprint density at radius 3 is 2.68 bits per heavy atom. The fourth-order valence-electron chi connectivity index (χ4n) is 2.85. The Bertz CT molecular complexity index is 673. The molecule has 7 heteroatoms. The van der Waals surface area contributed by atoms with Crippen molar-refractivity contribution >= 4 is 15.9 Å². The number of ether oxygens (including phenoxy) is 1. The molecule has 1 N–H and O–H groups in total. The highest BCUT2D eigenvalue weighted by Crippen LogP contribution is 2.20. The molecule has 2 atom stereocenters. The van der Waals surface area contributed by atoms with Crippen LogP contribution in [0.3, 0.4) is 0 Å². The van der Waals surface area contributed by atoms with E-state index < -0.39 is 10.0 Å². The fraction of sp³-hybridized carbons (Fsp3) is 0.611. The summed E-state index contributed by atoms with van der Waals surface area (Å²) in [5.74, 6) is 0.444. The van der Waals surface area contributed by atoms with Crippen LogP contribution in [-0.4, -0.2) is 50.1 Å². The molecule has 1 fully saturated rings. The summed E-state index contributed by atoms with van der Waals surface area (Å²) in [4.78, 5) is 12.4. The summed E-state index contributed by atoms with van der Waals surface area (Å²) in [6.07, 6.45) is 1.43. The van der Waals surface area contributed by atoms with Crippen molar-refractivity contribution in [2.45, 2.75) is 39.7 Å². The second-order valence-corrected chi connectivity index (χ2v) is 8.89. The van der Waals surface area contributed by atoms with Gasteiger partial charge in [0.2, 0.25) is 15.9 Å². The molecule has 1 aliphatic rings. The normalized spacial score (nSPS) is 20.0. The lowest BCUT2D eigenvalue weighted by Crippen LogP contribution is -2.48. The van der Waals surface area contributed by atoms with Crippen molar-refractivity contribution in [1.29, 1.82) is 0 Å². The maximum atomic E-state index is 12.4. The lowest BCUT2D eigenvalue weighted by atomic mass is 9.98. The van der Waals surface area contributed by atoms with Crippen LogP contribution >= 0.6 is 0 Å². The molecule has 6 nitrogen and oxygen atoms in total. The molecule has 1 aromatic carbocycles. The van der Waals surface area contributed by atoms with Gasteiger partial charge in [-0.25, -0.2) is 12.7 Å². The number of piperidine rings is 1. The average molecular weight is 368 g/mol. The first-order chi connectivity index (χ1) is 11.8. The van der Waals surface area contributed by atoms with E-state index in [1.165, 1.54) is 4.31 Å². The third-order valence-electron chi connectivity index (χ3n) is 4.42. The Morgan fingerprint density at radius 1 is 1.36 bits per heavy atom. The molecule has 140 valence electrons. The highest BCUT2D eigenvalue weighted by atomic mass is 32.2. The van der Waals surface area contributed by atoms with Crippen LogP contribution in [0.25, 0.3) is 0 Å². The molecule has 0 saturated carbocycles. The van der Waals surface area contributed by atoms with Crippen LogP contribution in [0.15, 0.2) is 24.3 Å². The predicted octanol–water partition coefficient (Wildman–Crippen LogP) is 1.94. The van der Waals surface area contributed by atoms with Crippen LogP contribution in [0.2, 0.25) is 0 Å². The number of sulfonamides is 1. The summed E-state index contributed by atoms with van der Waals surface area (Å²) in [6, 6.07) is 7.61. The van der Waals surface area contributed by atoms with Gasteiger partial charge < -0.3 is 10.1 Å². The van der Waals surface area contributed by atoms with E-state index in [0.717, 1.165) is 11.3 Å². The largest absolute Gasteiger partial charge is 0.491 e. The minimum absolute atomic E-state index is 0.0716. The molecular weight excluding hydrogens is 340 g/mol. The van der Waals surface area contributed by atoms with Crippen molar-refractivity contribution in [3.8, 4) is 5.75 Å². The second-order valence-electron chi connectivity index (χ2n) is 6.63. The molecule has 0 aromatic heterocycles. The van der Waals surface area contributed by atoms with Gasteiger partial charge in [0.25, 0.3) is 0 Å². The molecule has 1 aliphatic heterocycles. The highest BCUT2D eigenvalue weighted by Gasteiger charge is 2.31. The Kier molecular flexibility index (Phi) is 6.84. The number of hydrogen-bond acceptors (Lipinski definition) is 4. The second kappa shape index (κ2) is 8.67. The van der Waals surface area contributed by atoms with E-state index in [4.69, 9.17) is 4.74 Å². The van der Waals surface area contributed by atoms with Gasteiger partial charge in [-0.15, -0.1) is 0 Å². The number of hydrogen-bond donors (Lipinski definition) is 1. The monoisotopic (exact) mass is 368 g/mol. The number of aryl methyl sites for hydroxylation is 1. The standard InChI is InChI=1S/C18H28N2O4S/c1-4-25(22,23)20-11-5-6-16(12-20)18(21)19-15(3)13-24-17-9-7-14(2)8-10-17/h7-10,15-16H,4-6,11-13H2,1-3H3,(H,19,21)/t15-,16+/m1/s1. The zero-order valence-corrected chi connectivity index (χ0v) is 16.0. The van der Waals surface area contributed by atoms with Gasteiger partial charge in [0.05, 0.1) is 17.7 Å². The van der Waals surface area contributed by atoms with Crippen molar-refractivity contribution in [2.75, 3.05) is 25.4 Å². The molecule has 1 heterocycles. The zero-order valence-electron chi connectivity index (χ0n) is 15.2. The lowest BCUT2D eigenvalue weighted by molar-refractivity contribution is -0.126. The van der Waals surface area contributed by atoms with Crippen molar-refractivity contribution in [3.05, 3.63) is 29.8 Å². The summed E-state index contributed by atoms with van der Waals surface area (Å²) in [6.45, 7) is 6.68. The smallest absolute Gasteiger partial charge is 0.224 e. The maximum Gasteiger partial charge on any atom is 0.224 e. The molecule has 0 unspecified atom stereocenters. The van der Waals surface area contributed by atoms with Crippen LogP contribution < -0.4 is 10.1 Å². The minimum Gasteiger partial charge on any atom is -0.491 e. The lowest BCUT2D eigenvalue weighted by Gasteiger charge is -2.31. The topological polar surface area (TPSA) is 75.7 Å². The van der Waals surface area contributed by atoms with Gasteiger partial charge in [-0.05, 0) is 45.7 Å². The highest BCUT2D eigenvalue weighted by molar-refractivity contribution is 7.89. The predicted molar refractivity (Wildman–Crippen MR) is 98.0 cm³/mol. The van der Waals surface area contributed by atoms with E-state index in [1.54, 1.807) is 6.92 Å². The molecule has 25 heavy (non-hydrogen) atoms. The SMILES string of the molecule is CCS(=O)(=O)N1CCC[C@H](C(=O)N[C@H](C)COc2ccc(C)cc2)C1. The maximum absolute atomic E-state index is 12.4. The van der Waals surface area contributed by atoms with E-state index in [9.17, 15) is 13.2 Å².